The van der Waals surface area contributed by atoms with Crippen molar-refractivity contribution in [3.63, 3.8) is 0 Å². The van der Waals surface area contributed by atoms with Crippen LogP contribution in [0.1, 0.15) is 15.9 Å². The van der Waals surface area contributed by atoms with Crippen LogP contribution < -0.4 is 15.0 Å². The molecule has 5 nitrogen and oxygen atoms in total. The fourth-order valence-electron chi connectivity index (χ4n) is 3.49. The number of benzene rings is 3. The molecule has 0 aliphatic carbocycles. The van der Waals surface area contributed by atoms with Gasteiger partial charge in [0.2, 0.25) is 5.91 Å². The molecule has 0 spiro atoms. The molecule has 28 heavy (non-hydrogen) atoms. The van der Waals surface area contributed by atoms with Gasteiger partial charge in [-0.2, -0.15) is 0 Å². The minimum atomic E-state index is -0.615. The highest BCUT2D eigenvalue weighted by Crippen LogP contribution is 2.34. The number of nitrogens with one attached hydrogen (secondary N) is 1. The molecule has 3 aromatic rings. The number of methoxy groups -OCH3 is 1. The first kappa shape index (κ1) is 17.8. The van der Waals surface area contributed by atoms with E-state index in [0.717, 1.165) is 11.3 Å². The van der Waals surface area contributed by atoms with Crippen LogP contribution in [0.25, 0.3) is 0 Å². The molecule has 1 aliphatic rings. The van der Waals surface area contributed by atoms with Gasteiger partial charge < -0.3 is 10.1 Å². The van der Waals surface area contributed by atoms with Crippen LogP contribution in [0, 0.1) is 0 Å². The summed E-state index contributed by atoms with van der Waals surface area (Å²) in [6.45, 7) is 0. The third kappa shape index (κ3) is 3.34. The van der Waals surface area contributed by atoms with Crippen LogP contribution in [0.4, 0.5) is 11.4 Å². The molecule has 0 bridgehead atoms. The van der Waals surface area contributed by atoms with E-state index >= 15 is 0 Å². The molecule has 3 aromatic carbocycles. The number of rotatable bonds is 4. The lowest BCUT2D eigenvalue weighted by atomic mass is 10.1. The van der Waals surface area contributed by atoms with Gasteiger partial charge in [-0.25, -0.2) is 0 Å². The van der Waals surface area contributed by atoms with Crippen molar-refractivity contribution in [2.45, 2.75) is 12.5 Å². The van der Waals surface area contributed by atoms with Crippen molar-refractivity contribution in [3.05, 3.63) is 90.0 Å². The summed E-state index contributed by atoms with van der Waals surface area (Å²) in [5, 5.41) is 2.92. The van der Waals surface area contributed by atoms with Crippen LogP contribution in [0.3, 0.4) is 0 Å². The summed E-state index contributed by atoms with van der Waals surface area (Å²) in [5.41, 5.74) is 2.95. The van der Waals surface area contributed by atoms with Crippen LogP contribution in [-0.4, -0.2) is 25.0 Å². The molecular weight excluding hydrogens is 352 g/mol. The van der Waals surface area contributed by atoms with Crippen molar-refractivity contribution < 1.29 is 14.3 Å². The van der Waals surface area contributed by atoms with Crippen molar-refractivity contribution in [1.29, 1.82) is 0 Å². The Morgan fingerprint density at radius 2 is 1.71 bits per heavy atom. The smallest absolute Gasteiger partial charge is 0.259 e. The average molecular weight is 372 g/mol. The zero-order chi connectivity index (χ0) is 19.5. The Morgan fingerprint density at radius 3 is 2.50 bits per heavy atom. The number of hydrogen-bond acceptors (Lipinski definition) is 3. The number of carbonyl (C=O) groups excluding carboxylic acids is 2. The Kier molecular flexibility index (Phi) is 4.81. The number of hydrogen-bond donors (Lipinski definition) is 1. The third-order valence-electron chi connectivity index (χ3n) is 4.86. The Bertz CT molecular complexity index is 1020. The van der Waals surface area contributed by atoms with E-state index in [4.69, 9.17) is 4.74 Å². The second-order valence-electron chi connectivity index (χ2n) is 6.61. The molecule has 0 fully saturated rings. The number of fused-ring (bicyclic) bond motifs is 1. The van der Waals surface area contributed by atoms with Gasteiger partial charge in [0.25, 0.3) is 5.91 Å². The minimum Gasteiger partial charge on any atom is -0.497 e. The van der Waals surface area contributed by atoms with Crippen LogP contribution >= 0.6 is 0 Å². The lowest BCUT2D eigenvalue weighted by Crippen LogP contribution is -2.45. The topological polar surface area (TPSA) is 58.6 Å². The zero-order valence-corrected chi connectivity index (χ0v) is 15.5. The van der Waals surface area contributed by atoms with E-state index in [-0.39, 0.29) is 11.8 Å². The van der Waals surface area contributed by atoms with Crippen molar-refractivity contribution in [3.8, 4) is 5.75 Å². The van der Waals surface area contributed by atoms with Crippen molar-refractivity contribution >= 4 is 23.2 Å². The lowest BCUT2D eigenvalue weighted by molar-refractivity contribution is -0.117. The highest BCUT2D eigenvalue weighted by Gasteiger charge is 2.38. The Labute approximate surface area is 163 Å². The van der Waals surface area contributed by atoms with E-state index in [1.807, 2.05) is 54.6 Å². The number of ether oxygens (including phenoxy) is 1. The lowest BCUT2D eigenvalue weighted by Gasteiger charge is -2.25. The minimum absolute atomic E-state index is 0.184. The molecule has 0 saturated carbocycles. The molecule has 0 radical (unpaired) electrons. The second kappa shape index (κ2) is 7.56. The van der Waals surface area contributed by atoms with Crippen molar-refractivity contribution in [2.75, 3.05) is 17.3 Å². The third-order valence-corrected chi connectivity index (χ3v) is 4.86. The van der Waals surface area contributed by atoms with Gasteiger partial charge in [-0.05, 0) is 35.9 Å². The van der Waals surface area contributed by atoms with Gasteiger partial charge in [0.15, 0.2) is 0 Å². The Morgan fingerprint density at radius 1 is 0.964 bits per heavy atom. The van der Waals surface area contributed by atoms with E-state index in [1.54, 1.807) is 36.3 Å². The van der Waals surface area contributed by atoms with E-state index in [2.05, 4.69) is 5.32 Å². The van der Waals surface area contributed by atoms with Gasteiger partial charge in [0.05, 0.1) is 7.11 Å². The summed E-state index contributed by atoms with van der Waals surface area (Å²) in [7, 11) is 1.58. The molecule has 1 heterocycles. The first-order valence-electron chi connectivity index (χ1n) is 9.09. The highest BCUT2D eigenvalue weighted by atomic mass is 16.5. The molecule has 1 aliphatic heterocycles. The summed E-state index contributed by atoms with van der Waals surface area (Å²) in [6, 6.07) is 23.2. The maximum absolute atomic E-state index is 13.2. The predicted molar refractivity (Wildman–Crippen MR) is 109 cm³/mol. The standard InChI is InChI=1S/C23H20N2O3/c1-28-19-12-7-11-18(15-19)24-22(26)21-14-17-10-5-6-13-20(17)25(21)23(27)16-8-3-2-4-9-16/h2-13,15,21H,14H2,1H3,(H,24,26). The molecule has 140 valence electrons. The summed E-state index contributed by atoms with van der Waals surface area (Å²) >= 11 is 0. The SMILES string of the molecule is COc1cccc(NC(=O)C2Cc3ccccc3N2C(=O)c2ccccc2)c1. The number of carbonyl (C=O) groups is 2. The van der Waals surface area contributed by atoms with E-state index in [1.165, 1.54) is 0 Å². The van der Waals surface area contributed by atoms with Crippen LogP contribution in [-0.2, 0) is 11.2 Å². The molecule has 5 heteroatoms. The predicted octanol–water partition coefficient (Wildman–Crippen LogP) is 3.91. The van der Waals surface area contributed by atoms with Gasteiger partial charge in [-0.15, -0.1) is 0 Å². The highest BCUT2D eigenvalue weighted by molar-refractivity contribution is 6.13. The maximum atomic E-state index is 13.2. The number of anilines is 2. The largest absolute Gasteiger partial charge is 0.497 e. The normalized spacial score (nSPS) is 15.0. The number of nitrogens with zero attached hydrogens (tertiary/aromatic N) is 1. The molecule has 2 amide bonds. The molecular formula is C23H20N2O3. The summed E-state index contributed by atoms with van der Waals surface area (Å²) in [4.78, 5) is 27.9. The molecule has 1 atom stereocenters. The second-order valence-corrected chi connectivity index (χ2v) is 6.61. The Balaban J connectivity index is 1.65. The Hall–Kier alpha value is -3.60. The van der Waals surface area contributed by atoms with Crippen LogP contribution in [0.2, 0.25) is 0 Å². The first-order chi connectivity index (χ1) is 13.7. The number of para-hydroxylation sites is 1. The molecule has 1 unspecified atom stereocenters. The quantitative estimate of drug-likeness (QED) is 0.756. The van der Waals surface area contributed by atoms with E-state index in [9.17, 15) is 9.59 Å². The van der Waals surface area contributed by atoms with E-state index < -0.39 is 6.04 Å². The first-order valence-corrected chi connectivity index (χ1v) is 9.09. The molecule has 0 saturated heterocycles. The van der Waals surface area contributed by atoms with Gasteiger partial charge in [-0.1, -0.05) is 42.5 Å². The monoisotopic (exact) mass is 372 g/mol. The van der Waals surface area contributed by atoms with Gasteiger partial charge >= 0.3 is 0 Å². The molecule has 1 N–H and O–H groups in total. The molecule has 4 rings (SSSR count). The van der Waals surface area contributed by atoms with Crippen LogP contribution in [0.15, 0.2) is 78.9 Å². The van der Waals surface area contributed by atoms with E-state index in [0.29, 0.717) is 23.4 Å². The van der Waals surface area contributed by atoms with Gasteiger partial charge in [-0.3, -0.25) is 14.5 Å². The summed E-state index contributed by atoms with van der Waals surface area (Å²) < 4.78 is 5.21. The number of amides is 2. The van der Waals surface area contributed by atoms with Crippen LogP contribution in [0.5, 0.6) is 5.75 Å². The zero-order valence-electron chi connectivity index (χ0n) is 15.5. The fraction of sp³-hybridized carbons (Fsp3) is 0.130. The van der Waals surface area contributed by atoms with Crippen molar-refractivity contribution in [2.24, 2.45) is 0 Å². The fourth-order valence-corrected chi connectivity index (χ4v) is 3.49. The molecule has 0 aromatic heterocycles. The summed E-state index contributed by atoms with van der Waals surface area (Å²) in [5.74, 6) is 0.245. The van der Waals surface area contributed by atoms with Gasteiger partial charge in [0.1, 0.15) is 11.8 Å². The maximum Gasteiger partial charge on any atom is 0.259 e. The summed E-state index contributed by atoms with van der Waals surface area (Å²) in [6.07, 6.45) is 0.477. The van der Waals surface area contributed by atoms with Crippen molar-refractivity contribution in [1.82, 2.24) is 0 Å². The average Bonchev–Trinajstić information content (AvgIpc) is 3.14. The van der Waals surface area contributed by atoms with Gasteiger partial charge in [0, 0.05) is 29.4 Å².